The molecule has 3 aromatic rings. The van der Waals surface area contributed by atoms with Crippen molar-refractivity contribution in [3.05, 3.63) is 77.5 Å². The highest BCUT2D eigenvalue weighted by molar-refractivity contribution is 5.99. The van der Waals surface area contributed by atoms with E-state index in [0.29, 0.717) is 18.7 Å². The smallest absolute Gasteiger partial charge is 0.340 e. The van der Waals surface area contributed by atoms with Crippen LogP contribution in [0.3, 0.4) is 0 Å². The average Bonchev–Trinajstić information content (AvgIpc) is 3.33. The molecule has 0 spiro atoms. The standard InChI is InChI=1S/C23H26N2O4/c1-5-24(19-10-7-6-8-11-19)22(26)18(4)29-23(27)21-14-16(2)25(17(21)3)15-20-12-9-13-28-20/h6-14,18H,5,15H2,1-4H3/t18-/m1/s1. The van der Waals surface area contributed by atoms with E-state index in [2.05, 4.69) is 0 Å². The first kappa shape index (κ1) is 20.5. The lowest BCUT2D eigenvalue weighted by molar-refractivity contribution is -0.126. The van der Waals surface area contributed by atoms with Crippen LogP contribution in [0.2, 0.25) is 0 Å². The molecular formula is C23H26N2O4. The molecule has 152 valence electrons. The zero-order valence-corrected chi connectivity index (χ0v) is 17.2. The van der Waals surface area contributed by atoms with Crippen LogP contribution in [0.1, 0.15) is 41.4 Å². The molecule has 0 aliphatic carbocycles. The molecule has 0 saturated heterocycles. The molecule has 0 aliphatic rings. The van der Waals surface area contributed by atoms with Crippen molar-refractivity contribution in [2.24, 2.45) is 0 Å². The van der Waals surface area contributed by atoms with Crippen LogP contribution in [0.4, 0.5) is 5.69 Å². The quantitative estimate of drug-likeness (QED) is 0.559. The van der Waals surface area contributed by atoms with E-state index in [9.17, 15) is 9.59 Å². The monoisotopic (exact) mass is 394 g/mol. The minimum Gasteiger partial charge on any atom is -0.467 e. The van der Waals surface area contributed by atoms with Gasteiger partial charge in [0.15, 0.2) is 6.10 Å². The second-order valence-electron chi connectivity index (χ2n) is 6.92. The van der Waals surface area contributed by atoms with Crippen molar-refractivity contribution in [1.82, 2.24) is 4.57 Å². The van der Waals surface area contributed by atoms with E-state index in [-0.39, 0.29) is 5.91 Å². The molecule has 0 fully saturated rings. The zero-order chi connectivity index (χ0) is 21.0. The molecule has 1 aromatic carbocycles. The number of anilines is 1. The number of nitrogens with zero attached hydrogens (tertiary/aromatic N) is 2. The number of hydrogen-bond acceptors (Lipinski definition) is 4. The third kappa shape index (κ3) is 4.42. The maximum absolute atomic E-state index is 12.8. The van der Waals surface area contributed by atoms with Gasteiger partial charge < -0.3 is 18.6 Å². The third-order valence-corrected chi connectivity index (χ3v) is 4.97. The number of furan rings is 1. The largest absolute Gasteiger partial charge is 0.467 e. The molecule has 0 saturated carbocycles. The van der Waals surface area contributed by atoms with Gasteiger partial charge in [0.05, 0.1) is 18.4 Å². The van der Waals surface area contributed by atoms with E-state index >= 15 is 0 Å². The van der Waals surface area contributed by atoms with Gasteiger partial charge in [-0.25, -0.2) is 4.79 Å². The molecule has 0 aliphatic heterocycles. The van der Waals surface area contributed by atoms with Gasteiger partial charge in [0.25, 0.3) is 5.91 Å². The van der Waals surface area contributed by atoms with Crippen LogP contribution in [0.5, 0.6) is 0 Å². The summed E-state index contributed by atoms with van der Waals surface area (Å²) in [6, 6.07) is 14.9. The van der Waals surface area contributed by atoms with E-state index in [1.807, 2.05) is 67.8 Å². The predicted molar refractivity (Wildman–Crippen MR) is 111 cm³/mol. The number of aryl methyl sites for hydroxylation is 1. The Kier molecular flexibility index (Phi) is 6.22. The second-order valence-corrected chi connectivity index (χ2v) is 6.92. The summed E-state index contributed by atoms with van der Waals surface area (Å²) in [6.45, 7) is 8.30. The molecule has 2 aromatic heterocycles. The molecule has 1 atom stereocenters. The second kappa shape index (κ2) is 8.82. The maximum atomic E-state index is 12.8. The van der Waals surface area contributed by atoms with Crippen LogP contribution in [0.15, 0.2) is 59.2 Å². The van der Waals surface area contributed by atoms with Gasteiger partial charge in [-0.2, -0.15) is 0 Å². The fourth-order valence-electron chi connectivity index (χ4n) is 3.38. The van der Waals surface area contributed by atoms with Gasteiger partial charge in [0.2, 0.25) is 0 Å². The van der Waals surface area contributed by atoms with Gasteiger partial charge in [0, 0.05) is 23.6 Å². The molecule has 6 nitrogen and oxygen atoms in total. The lowest BCUT2D eigenvalue weighted by atomic mass is 10.2. The fraction of sp³-hybridized carbons (Fsp3) is 0.304. The number of amides is 1. The van der Waals surface area contributed by atoms with Crippen LogP contribution >= 0.6 is 0 Å². The van der Waals surface area contributed by atoms with Crippen molar-refractivity contribution >= 4 is 17.6 Å². The van der Waals surface area contributed by atoms with Crippen LogP contribution < -0.4 is 4.90 Å². The Bertz CT molecular complexity index is 974. The summed E-state index contributed by atoms with van der Waals surface area (Å²) in [4.78, 5) is 27.2. The van der Waals surface area contributed by atoms with Crippen molar-refractivity contribution in [2.45, 2.75) is 40.3 Å². The number of benzene rings is 1. The van der Waals surface area contributed by atoms with Crippen molar-refractivity contribution in [1.29, 1.82) is 0 Å². The van der Waals surface area contributed by atoms with E-state index < -0.39 is 12.1 Å². The molecule has 0 radical (unpaired) electrons. The molecular weight excluding hydrogens is 368 g/mol. The summed E-state index contributed by atoms with van der Waals surface area (Å²) in [6.07, 6.45) is 0.730. The predicted octanol–water partition coefficient (Wildman–Crippen LogP) is 4.34. The van der Waals surface area contributed by atoms with Crippen molar-refractivity contribution in [3.63, 3.8) is 0 Å². The third-order valence-electron chi connectivity index (χ3n) is 4.97. The number of likely N-dealkylation sites (N-methyl/N-ethyl adjacent to an activating group) is 1. The molecule has 3 rings (SSSR count). The Hall–Kier alpha value is -3.28. The van der Waals surface area contributed by atoms with Crippen LogP contribution in [0, 0.1) is 13.8 Å². The lowest BCUT2D eigenvalue weighted by Crippen LogP contribution is -2.40. The maximum Gasteiger partial charge on any atom is 0.340 e. The molecule has 1 amide bonds. The van der Waals surface area contributed by atoms with Gasteiger partial charge in [-0.05, 0) is 58.0 Å². The Labute approximate surface area is 170 Å². The fourth-order valence-corrected chi connectivity index (χ4v) is 3.38. The molecule has 0 unspecified atom stereocenters. The van der Waals surface area contributed by atoms with E-state index in [1.54, 1.807) is 24.2 Å². The van der Waals surface area contributed by atoms with Crippen LogP contribution in [-0.4, -0.2) is 29.1 Å². The lowest BCUT2D eigenvalue weighted by Gasteiger charge is -2.24. The number of rotatable bonds is 7. The van der Waals surface area contributed by atoms with Crippen molar-refractivity contribution in [3.8, 4) is 0 Å². The molecule has 2 heterocycles. The average molecular weight is 394 g/mol. The van der Waals surface area contributed by atoms with Gasteiger partial charge >= 0.3 is 5.97 Å². The van der Waals surface area contributed by atoms with E-state index in [4.69, 9.17) is 9.15 Å². The normalized spacial score (nSPS) is 11.9. The molecule has 0 bridgehead atoms. The number of hydrogen-bond donors (Lipinski definition) is 0. The highest BCUT2D eigenvalue weighted by Crippen LogP contribution is 2.20. The molecule has 0 N–H and O–H groups in total. The van der Waals surface area contributed by atoms with Gasteiger partial charge in [-0.1, -0.05) is 18.2 Å². The SMILES string of the molecule is CCN(C(=O)[C@@H](C)OC(=O)c1cc(C)n(Cc2ccco2)c1C)c1ccccc1. The summed E-state index contributed by atoms with van der Waals surface area (Å²) < 4.78 is 12.9. The number of carbonyl (C=O) groups excluding carboxylic acids is 2. The number of esters is 1. The van der Waals surface area contributed by atoms with Gasteiger partial charge in [0.1, 0.15) is 5.76 Å². The Balaban J connectivity index is 1.73. The Morgan fingerprint density at radius 1 is 1.14 bits per heavy atom. The highest BCUT2D eigenvalue weighted by Gasteiger charge is 2.26. The van der Waals surface area contributed by atoms with Crippen LogP contribution in [0.25, 0.3) is 0 Å². The topological polar surface area (TPSA) is 64.7 Å². The summed E-state index contributed by atoms with van der Waals surface area (Å²) in [5.41, 5.74) is 2.93. The minimum absolute atomic E-state index is 0.253. The first-order chi connectivity index (χ1) is 13.9. The van der Waals surface area contributed by atoms with E-state index in [0.717, 1.165) is 22.8 Å². The number of carbonyl (C=O) groups is 2. The molecule has 6 heteroatoms. The first-order valence-corrected chi connectivity index (χ1v) is 9.68. The zero-order valence-electron chi connectivity index (χ0n) is 17.2. The van der Waals surface area contributed by atoms with Gasteiger partial charge in [-0.3, -0.25) is 4.79 Å². The van der Waals surface area contributed by atoms with Crippen LogP contribution in [-0.2, 0) is 16.1 Å². The minimum atomic E-state index is -0.893. The molecule has 29 heavy (non-hydrogen) atoms. The summed E-state index contributed by atoms with van der Waals surface area (Å²) >= 11 is 0. The Morgan fingerprint density at radius 3 is 2.48 bits per heavy atom. The number of para-hydroxylation sites is 1. The Morgan fingerprint density at radius 2 is 1.86 bits per heavy atom. The van der Waals surface area contributed by atoms with Gasteiger partial charge in [-0.15, -0.1) is 0 Å². The highest BCUT2D eigenvalue weighted by atomic mass is 16.5. The first-order valence-electron chi connectivity index (χ1n) is 9.68. The summed E-state index contributed by atoms with van der Waals surface area (Å²) in [7, 11) is 0. The van der Waals surface area contributed by atoms with E-state index in [1.165, 1.54) is 0 Å². The number of aromatic nitrogens is 1. The van der Waals surface area contributed by atoms with Crippen molar-refractivity contribution < 1.29 is 18.7 Å². The number of ether oxygens (including phenoxy) is 1. The summed E-state index contributed by atoms with van der Waals surface area (Å²) in [5.74, 6) is 0.0434. The summed E-state index contributed by atoms with van der Waals surface area (Å²) in [5, 5.41) is 0. The van der Waals surface area contributed by atoms with Crippen molar-refractivity contribution in [2.75, 3.05) is 11.4 Å².